The molecule has 1 rings (SSSR count). The molecule has 0 amide bonds. The van der Waals surface area contributed by atoms with Crippen LogP contribution in [0.4, 0.5) is 0 Å². The third-order valence-corrected chi connectivity index (χ3v) is 6.41. The summed E-state index contributed by atoms with van der Waals surface area (Å²) in [7, 11) is -2.55. The average molecular weight is 251 g/mol. The van der Waals surface area contributed by atoms with Gasteiger partial charge in [0, 0.05) is 17.3 Å². The van der Waals surface area contributed by atoms with Crippen LogP contribution in [0.15, 0.2) is 0 Å². The lowest BCUT2D eigenvalue weighted by atomic mass is 10.2. The zero-order valence-electron chi connectivity index (χ0n) is 10.2. The summed E-state index contributed by atoms with van der Waals surface area (Å²) in [5.41, 5.74) is 0. The molecule has 2 atom stereocenters. The van der Waals surface area contributed by atoms with Crippen molar-refractivity contribution in [3.05, 3.63) is 0 Å². The van der Waals surface area contributed by atoms with E-state index in [1.54, 1.807) is 18.4 Å². The largest absolute Gasteiger partial charge is 0.327 e. The van der Waals surface area contributed by atoms with Crippen molar-refractivity contribution in [2.24, 2.45) is 5.92 Å². The van der Waals surface area contributed by atoms with Crippen molar-refractivity contribution in [2.75, 3.05) is 19.1 Å². The van der Waals surface area contributed by atoms with Gasteiger partial charge in [-0.1, -0.05) is 13.8 Å². The summed E-state index contributed by atoms with van der Waals surface area (Å²) in [5.74, 6) is 1.27. The molecule has 3 nitrogen and oxygen atoms in total. The van der Waals surface area contributed by atoms with Gasteiger partial charge in [0.2, 0.25) is 7.37 Å². The summed E-state index contributed by atoms with van der Waals surface area (Å²) in [6.45, 7) is 10.7. The second-order valence-electron chi connectivity index (χ2n) is 5.10. The molecule has 1 N–H and O–H groups in total. The number of hydrogen-bond donors (Lipinski definition) is 1. The molecule has 1 heterocycles. The van der Waals surface area contributed by atoms with E-state index in [4.69, 9.17) is 4.52 Å². The number of hydrogen-bond acceptors (Lipinski definition) is 4. The van der Waals surface area contributed by atoms with Gasteiger partial charge in [-0.2, -0.15) is 0 Å². The first kappa shape index (κ1) is 13.6. The number of thioether (sulfide) groups is 1. The Balaban J connectivity index is 2.65. The first-order valence-electron chi connectivity index (χ1n) is 5.35. The molecule has 0 aromatic carbocycles. The van der Waals surface area contributed by atoms with Crippen LogP contribution in [0.1, 0.15) is 27.7 Å². The molecule has 1 aliphatic heterocycles. The van der Waals surface area contributed by atoms with Crippen molar-refractivity contribution < 1.29 is 9.09 Å². The molecule has 0 aliphatic carbocycles. The minimum absolute atomic E-state index is 0.00125. The second kappa shape index (κ2) is 4.79. The lowest BCUT2D eigenvalue weighted by Crippen LogP contribution is -2.36. The monoisotopic (exact) mass is 251 g/mol. The van der Waals surface area contributed by atoms with E-state index in [0.29, 0.717) is 12.5 Å². The van der Waals surface area contributed by atoms with Crippen LogP contribution in [0.25, 0.3) is 0 Å². The van der Waals surface area contributed by atoms with Gasteiger partial charge in [-0.05, 0) is 19.8 Å². The Morgan fingerprint density at radius 2 is 2.20 bits per heavy atom. The predicted molar refractivity (Wildman–Crippen MR) is 67.8 cm³/mol. The Labute approximate surface area is 97.2 Å². The van der Waals surface area contributed by atoms with Gasteiger partial charge in [-0.3, -0.25) is 9.88 Å². The van der Waals surface area contributed by atoms with Crippen molar-refractivity contribution in [1.82, 2.24) is 5.32 Å². The summed E-state index contributed by atoms with van der Waals surface area (Å²) in [5, 5.41) is 3.29. The highest BCUT2D eigenvalue weighted by atomic mass is 32.2. The zero-order chi connectivity index (χ0) is 11.7. The molecule has 5 heteroatoms. The molecule has 15 heavy (non-hydrogen) atoms. The molecule has 0 aromatic heterocycles. The Morgan fingerprint density at radius 3 is 2.60 bits per heavy atom. The Hall–Kier alpha value is 0.500. The molecule has 0 spiro atoms. The number of rotatable bonds is 4. The summed E-state index contributed by atoms with van der Waals surface area (Å²) in [6, 6.07) is 0. The molecule has 0 aromatic rings. The lowest BCUT2D eigenvalue weighted by Gasteiger charge is -2.30. The maximum absolute atomic E-state index is 12.4. The third-order valence-electron chi connectivity index (χ3n) is 2.51. The van der Waals surface area contributed by atoms with Crippen LogP contribution in [0.5, 0.6) is 0 Å². The van der Waals surface area contributed by atoms with Gasteiger partial charge in [0.1, 0.15) is 0 Å². The van der Waals surface area contributed by atoms with Crippen LogP contribution in [-0.2, 0) is 9.09 Å². The van der Waals surface area contributed by atoms with Crippen LogP contribution in [0, 0.1) is 5.92 Å². The Bertz CT molecular complexity index is 268. The van der Waals surface area contributed by atoms with Gasteiger partial charge >= 0.3 is 0 Å². The van der Waals surface area contributed by atoms with Gasteiger partial charge in [0.05, 0.1) is 12.4 Å². The molecule has 2 unspecified atom stereocenters. The van der Waals surface area contributed by atoms with E-state index in [-0.39, 0.29) is 10.5 Å². The van der Waals surface area contributed by atoms with Crippen LogP contribution in [-0.4, -0.2) is 29.7 Å². The van der Waals surface area contributed by atoms with Gasteiger partial charge in [-0.25, -0.2) is 0 Å². The van der Waals surface area contributed by atoms with E-state index >= 15 is 0 Å². The quantitative estimate of drug-likeness (QED) is 0.780. The van der Waals surface area contributed by atoms with Crippen molar-refractivity contribution >= 4 is 19.1 Å². The smallest absolute Gasteiger partial charge is 0.217 e. The first-order chi connectivity index (χ1) is 6.76. The fraction of sp³-hybridized carbons (Fsp3) is 1.00. The maximum atomic E-state index is 12.4. The minimum Gasteiger partial charge on any atom is -0.327 e. The predicted octanol–water partition coefficient (Wildman–Crippen LogP) is 2.97. The van der Waals surface area contributed by atoms with E-state index < -0.39 is 7.37 Å². The van der Waals surface area contributed by atoms with Crippen LogP contribution in [0.3, 0.4) is 0 Å². The molecule has 1 fully saturated rings. The molecular weight excluding hydrogens is 229 g/mol. The van der Waals surface area contributed by atoms with Gasteiger partial charge in [0.15, 0.2) is 0 Å². The SMILES string of the molecule is CC(C)COP(C)(=O)C1NCSC1(C)C. The third kappa shape index (κ3) is 3.48. The second-order valence-corrected chi connectivity index (χ2v) is 9.32. The van der Waals surface area contributed by atoms with Crippen molar-refractivity contribution in [1.29, 1.82) is 0 Å². The van der Waals surface area contributed by atoms with Crippen LogP contribution in [0.2, 0.25) is 0 Å². The van der Waals surface area contributed by atoms with Crippen LogP contribution >= 0.6 is 19.1 Å². The van der Waals surface area contributed by atoms with Gasteiger partial charge in [-0.15, -0.1) is 11.8 Å². The molecule has 1 aliphatic rings. The summed E-state index contributed by atoms with van der Waals surface area (Å²) in [4.78, 5) is 0. The van der Waals surface area contributed by atoms with E-state index in [0.717, 1.165) is 5.88 Å². The van der Waals surface area contributed by atoms with Crippen molar-refractivity contribution in [3.63, 3.8) is 0 Å². The fourth-order valence-electron chi connectivity index (χ4n) is 1.73. The summed E-state index contributed by atoms with van der Waals surface area (Å²) >= 11 is 1.81. The molecule has 0 bridgehead atoms. The number of nitrogens with one attached hydrogen (secondary N) is 1. The zero-order valence-corrected chi connectivity index (χ0v) is 12.0. The molecule has 1 saturated heterocycles. The van der Waals surface area contributed by atoms with Crippen molar-refractivity contribution in [3.8, 4) is 0 Å². The topological polar surface area (TPSA) is 38.3 Å². The van der Waals surface area contributed by atoms with E-state index in [9.17, 15) is 4.57 Å². The Kier molecular flexibility index (Phi) is 4.33. The Morgan fingerprint density at radius 1 is 1.60 bits per heavy atom. The molecule has 0 radical (unpaired) electrons. The summed E-state index contributed by atoms with van der Waals surface area (Å²) < 4.78 is 18.0. The van der Waals surface area contributed by atoms with E-state index in [1.165, 1.54) is 0 Å². The minimum atomic E-state index is -2.55. The highest BCUT2D eigenvalue weighted by Crippen LogP contribution is 2.56. The molecule has 90 valence electrons. The van der Waals surface area contributed by atoms with E-state index in [1.807, 2.05) is 0 Å². The normalized spacial score (nSPS) is 29.3. The summed E-state index contributed by atoms with van der Waals surface area (Å²) in [6.07, 6.45) is 0. The average Bonchev–Trinajstić information content (AvgIpc) is 2.42. The van der Waals surface area contributed by atoms with Gasteiger partial charge < -0.3 is 4.52 Å². The fourth-order valence-corrected chi connectivity index (χ4v) is 5.81. The van der Waals surface area contributed by atoms with E-state index in [2.05, 4.69) is 33.0 Å². The first-order valence-corrected chi connectivity index (χ1v) is 8.47. The lowest BCUT2D eigenvalue weighted by molar-refractivity contribution is 0.263. The molecule has 0 saturated carbocycles. The van der Waals surface area contributed by atoms with Crippen LogP contribution < -0.4 is 5.32 Å². The molecular formula is C10H22NO2PS. The van der Waals surface area contributed by atoms with Gasteiger partial charge in [0.25, 0.3) is 0 Å². The highest BCUT2D eigenvalue weighted by molar-refractivity contribution is 8.01. The highest BCUT2D eigenvalue weighted by Gasteiger charge is 2.45. The standard InChI is InChI=1S/C10H22NO2PS/c1-8(2)6-13-14(5,12)9-10(3,4)15-7-11-9/h8-9,11H,6-7H2,1-5H3. The van der Waals surface area contributed by atoms with Crippen molar-refractivity contribution in [2.45, 2.75) is 38.2 Å². The maximum Gasteiger partial charge on any atom is 0.217 e.